The first-order chi connectivity index (χ1) is 13.2. The monoisotopic (exact) mass is 362 g/mol. The van der Waals surface area contributed by atoms with Crippen LogP contribution in [0.1, 0.15) is 28.4 Å². The first kappa shape index (κ1) is 18.5. The summed E-state index contributed by atoms with van der Waals surface area (Å²) in [6.07, 6.45) is 1.77. The van der Waals surface area contributed by atoms with Crippen LogP contribution in [0.4, 0.5) is 0 Å². The van der Waals surface area contributed by atoms with Gasteiger partial charge in [0.1, 0.15) is 5.75 Å². The maximum Gasteiger partial charge on any atom is 0.251 e. The van der Waals surface area contributed by atoms with E-state index in [1.165, 1.54) is 0 Å². The molecule has 0 aliphatic carbocycles. The van der Waals surface area contributed by atoms with Crippen LogP contribution in [0.15, 0.2) is 77.7 Å². The van der Waals surface area contributed by atoms with Gasteiger partial charge in [0, 0.05) is 24.4 Å². The van der Waals surface area contributed by atoms with Crippen molar-refractivity contribution < 1.29 is 9.53 Å². The quantitative estimate of drug-likeness (QED) is 0.702. The third-order valence-electron chi connectivity index (χ3n) is 4.16. The van der Waals surface area contributed by atoms with E-state index in [4.69, 9.17) is 4.74 Å². The third kappa shape index (κ3) is 5.07. The molecule has 138 valence electrons. The van der Waals surface area contributed by atoms with Crippen LogP contribution in [-0.4, -0.2) is 17.1 Å². The Bertz CT molecular complexity index is 944. The van der Waals surface area contributed by atoms with Crippen molar-refractivity contribution in [3.63, 3.8) is 0 Å². The van der Waals surface area contributed by atoms with Crippen LogP contribution in [0, 0.1) is 0 Å². The number of hydrogen-bond donors (Lipinski definition) is 1. The number of carbonyl (C=O) groups is 1. The molecule has 5 heteroatoms. The number of hydrogen-bond acceptors (Lipinski definition) is 3. The van der Waals surface area contributed by atoms with Crippen LogP contribution in [0.25, 0.3) is 0 Å². The van der Waals surface area contributed by atoms with Crippen LogP contribution in [0.3, 0.4) is 0 Å². The number of nitrogens with one attached hydrogen (secondary N) is 1. The van der Waals surface area contributed by atoms with Gasteiger partial charge in [0.15, 0.2) is 0 Å². The molecule has 0 fully saturated rings. The van der Waals surface area contributed by atoms with E-state index in [0.717, 1.165) is 16.9 Å². The van der Waals surface area contributed by atoms with E-state index in [0.29, 0.717) is 25.3 Å². The Morgan fingerprint density at radius 1 is 0.963 bits per heavy atom. The third-order valence-corrected chi connectivity index (χ3v) is 4.16. The van der Waals surface area contributed by atoms with E-state index in [1.807, 2.05) is 37.3 Å². The van der Waals surface area contributed by atoms with Crippen LogP contribution in [0.2, 0.25) is 0 Å². The average molecular weight is 362 g/mol. The maximum absolute atomic E-state index is 12.2. The minimum atomic E-state index is -0.127. The smallest absolute Gasteiger partial charge is 0.251 e. The highest BCUT2D eigenvalue weighted by molar-refractivity contribution is 5.94. The van der Waals surface area contributed by atoms with E-state index in [9.17, 15) is 9.59 Å². The standard InChI is InChI=1S/C22H22N2O3/c1-2-27-20-12-10-19(11-13-20)22(26)23-15-17-6-8-18(9-7-17)16-24-14-4-3-5-21(24)25/h3-14H,2,15-16H2,1H3,(H,23,26). The molecule has 0 atom stereocenters. The molecule has 5 nitrogen and oxygen atoms in total. The summed E-state index contributed by atoms with van der Waals surface area (Å²) in [5.41, 5.74) is 2.60. The van der Waals surface area contributed by atoms with Gasteiger partial charge in [-0.05, 0) is 48.4 Å². The average Bonchev–Trinajstić information content (AvgIpc) is 2.70. The van der Waals surface area contributed by atoms with Gasteiger partial charge in [0.2, 0.25) is 0 Å². The number of nitrogens with zero attached hydrogens (tertiary/aromatic N) is 1. The van der Waals surface area contributed by atoms with Gasteiger partial charge in [-0.3, -0.25) is 9.59 Å². The van der Waals surface area contributed by atoms with E-state index in [1.54, 1.807) is 47.2 Å². The number of carbonyl (C=O) groups excluding carboxylic acids is 1. The van der Waals surface area contributed by atoms with E-state index in [2.05, 4.69) is 5.32 Å². The molecule has 0 spiro atoms. The Labute approximate surface area is 158 Å². The van der Waals surface area contributed by atoms with Gasteiger partial charge in [0.25, 0.3) is 11.5 Å². The molecule has 2 aromatic carbocycles. The SMILES string of the molecule is CCOc1ccc(C(=O)NCc2ccc(Cn3ccccc3=O)cc2)cc1. The maximum atomic E-state index is 12.2. The topological polar surface area (TPSA) is 60.3 Å². The van der Waals surface area contributed by atoms with Crippen LogP contribution in [-0.2, 0) is 13.1 Å². The lowest BCUT2D eigenvalue weighted by atomic mass is 10.1. The molecule has 1 heterocycles. The first-order valence-corrected chi connectivity index (χ1v) is 8.90. The molecule has 1 aromatic heterocycles. The van der Waals surface area contributed by atoms with Gasteiger partial charge in [-0.15, -0.1) is 0 Å². The zero-order valence-electron chi connectivity index (χ0n) is 15.2. The highest BCUT2D eigenvalue weighted by Gasteiger charge is 2.06. The predicted molar refractivity (Wildman–Crippen MR) is 105 cm³/mol. The van der Waals surface area contributed by atoms with Crippen LogP contribution >= 0.6 is 0 Å². The zero-order valence-corrected chi connectivity index (χ0v) is 15.2. The Morgan fingerprint density at radius 2 is 1.67 bits per heavy atom. The van der Waals surface area contributed by atoms with Crippen molar-refractivity contribution in [2.75, 3.05) is 6.61 Å². The predicted octanol–water partition coefficient (Wildman–Crippen LogP) is 3.23. The van der Waals surface area contributed by atoms with Gasteiger partial charge >= 0.3 is 0 Å². The molecule has 0 radical (unpaired) electrons. The second kappa shape index (κ2) is 8.85. The molecule has 0 unspecified atom stereocenters. The largest absolute Gasteiger partial charge is 0.494 e. The van der Waals surface area contributed by atoms with Gasteiger partial charge < -0.3 is 14.6 Å². The van der Waals surface area contributed by atoms with E-state index in [-0.39, 0.29) is 11.5 Å². The van der Waals surface area contributed by atoms with Crippen molar-refractivity contribution in [3.8, 4) is 5.75 Å². The molecule has 0 saturated carbocycles. The molecule has 27 heavy (non-hydrogen) atoms. The highest BCUT2D eigenvalue weighted by Crippen LogP contribution is 2.12. The number of pyridine rings is 1. The fourth-order valence-electron chi connectivity index (χ4n) is 2.70. The summed E-state index contributed by atoms with van der Waals surface area (Å²) >= 11 is 0. The van der Waals surface area contributed by atoms with Gasteiger partial charge in [-0.1, -0.05) is 30.3 Å². The first-order valence-electron chi connectivity index (χ1n) is 8.90. The second-order valence-electron chi connectivity index (χ2n) is 6.12. The van der Waals surface area contributed by atoms with Crippen molar-refractivity contribution in [3.05, 3.63) is 100.0 Å². The number of rotatable bonds is 7. The summed E-state index contributed by atoms with van der Waals surface area (Å²) < 4.78 is 7.03. The van der Waals surface area contributed by atoms with Gasteiger partial charge in [-0.25, -0.2) is 0 Å². The Balaban J connectivity index is 1.56. The van der Waals surface area contributed by atoms with E-state index < -0.39 is 0 Å². The number of aromatic nitrogens is 1. The molecule has 3 rings (SSSR count). The molecule has 3 aromatic rings. The Kier molecular flexibility index (Phi) is 6.05. The van der Waals surface area contributed by atoms with Crippen molar-refractivity contribution >= 4 is 5.91 Å². The van der Waals surface area contributed by atoms with Crippen LogP contribution in [0.5, 0.6) is 5.75 Å². The molecular weight excluding hydrogens is 340 g/mol. The van der Waals surface area contributed by atoms with Crippen molar-refractivity contribution in [2.24, 2.45) is 0 Å². The van der Waals surface area contributed by atoms with Crippen molar-refractivity contribution in [1.82, 2.24) is 9.88 Å². The van der Waals surface area contributed by atoms with Crippen molar-refractivity contribution in [2.45, 2.75) is 20.0 Å². The van der Waals surface area contributed by atoms with Crippen molar-refractivity contribution in [1.29, 1.82) is 0 Å². The molecule has 1 N–H and O–H groups in total. The van der Waals surface area contributed by atoms with Gasteiger partial charge in [-0.2, -0.15) is 0 Å². The second-order valence-corrected chi connectivity index (χ2v) is 6.12. The number of benzene rings is 2. The molecule has 0 aliphatic rings. The highest BCUT2D eigenvalue weighted by atomic mass is 16.5. The molecule has 0 saturated heterocycles. The number of ether oxygens (including phenoxy) is 1. The lowest BCUT2D eigenvalue weighted by Gasteiger charge is -2.09. The minimum absolute atomic E-state index is 0.0239. The van der Waals surface area contributed by atoms with Crippen LogP contribution < -0.4 is 15.6 Å². The Hall–Kier alpha value is -3.34. The summed E-state index contributed by atoms with van der Waals surface area (Å²) in [5.74, 6) is 0.625. The summed E-state index contributed by atoms with van der Waals surface area (Å²) in [4.78, 5) is 24.0. The summed E-state index contributed by atoms with van der Waals surface area (Å²) in [7, 11) is 0. The Morgan fingerprint density at radius 3 is 2.33 bits per heavy atom. The lowest BCUT2D eigenvalue weighted by molar-refractivity contribution is 0.0951. The summed E-state index contributed by atoms with van der Waals surface area (Å²) in [5, 5.41) is 2.91. The van der Waals surface area contributed by atoms with E-state index >= 15 is 0 Å². The molecule has 0 aliphatic heterocycles. The normalized spacial score (nSPS) is 10.4. The summed E-state index contributed by atoms with van der Waals surface area (Å²) in [6, 6.07) is 20.1. The summed E-state index contributed by atoms with van der Waals surface area (Å²) in [6.45, 7) is 3.49. The minimum Gasteiger partial charge on any atom is -0.494 e. The molecular formula is C22H22N2O3. The number of amides is 1. The lowest BCUT2D eigenvalue weighted by Crippen LogP contribution is -2.22. The van der Waals surface area contributed by atoms with Gasteiger partial charge in [0.05, 0.1) is 13.2 Å². The zero-order chi connectivity index (χ0) is 19.1. The fraction of sp³-hybridized carbons (Fsp3) is 0.182. The molecule has 0 bridgehead atoms. The fourth-order valence-corrected chi connectivity index (χ4v) is 2.70. The molecule has 1 amide bonds.